The summed E-state index contributed by atoms with van der Waals surface area (Å²) in [6.45, 7) is -0.192. The van der Waals surface area contributed by atoms with Gasteiger partial charge in [-0.3, -0.25) is 9.71 Å². The van der Waals surface area contributed by atoms with Crippen molar-refractivity contribution in [2.24, 2.45) is 0 Å². The Morgan fingerprint density at radius 1 is 1.11 bits per heavy atom. The Kier molecular flexibility index (Phi) is 4.76. The van der Waals surface area contributed by atoms with Crippen LogP contribution in [0.5, 0.6) is 0 Å². The van der Waals surface area contributed by atoms with E-state index < -0.39 is 10.0 Å². The molecule has 28 heavy (non-hydrogen) atoms. The number of hydrogen-bond acceptors (Lipinski definition) is 6. The van der Waals surface area contributed by atoms with Gasteiger partial charge in [-0.1, -0.05) is 28.9 Å². The number of rotatable bonds is 5. The largest absolute Gasteiger partial charge is 0.392 e. The second-order valence-corrected chi connectivity index (χ2v) is 8.11. The lowest BCUT2D eigenvalue weighted by molar-refractivity contribution is 0.282. The third-order valence-corrected chi connectivity index (χ3v) is 5.80. The van der Waals surface area contributed by atoms with E-state index in [0.717, 1.165) is 10.9 Å². The van der Waals surface area contributed by atoms with Gasteiger partial charge >= 0.3 is 0 Å². The monoisotopic (exact) mass is 415 g/mol. The lowest BCUT2D eigenvalue weighted by atomic mass is 10.00. The fourth-order valence-electron chi connectivity index (χ4n) is 2.92. The van der Waals surface area contributed by atoms with Crippen LogP contribution >= 0.6 is 11.6 Å². The lowest BCUT2D eigenvalue weighted by Gasteiger charge is -2.12. The maximum absolute atomic E-state index is 12.6. The van der Waals surface area contributed by atoms with Crippen molar-refractivity contribution in [3.63, 3.8) is 0 Å². The number of aliphatic hydroxyl groups excluding tert-OH is 1. The van der Waals surface area contributed by atoms with Crippen LogP contribution in [0.15, 0.2) is 70.4 Å². The number of nitrogens with one attached hydrogen (secondary N) is 1. The Bertz CT molecular complexity index is 1260. The molecule has 7 nitrogen and oxygen atoms in total. The molecule has 0 spiro atoms. The van der Waals surface area contributed by atoms with Crippen molar-refractivity contribution in [1.82, 2.24) is 10.1 Å². The van der Waals surface area contributed by atoms with Crippen LogP contribution in [0, 0.1) is 0 Å². The van der Waals surface area contributed by atoms with Gasteiger partial charge in [0, 0.05) is 28.2 Å². The predicted molar refractivity (Wildman–Crippen MR) is 105 cm³/mol. The highest BCUT2D eigenvalue weighted by molar-refractivity contribution is 7.92. The summed E-state index contributed by atoms with van der Waals surface area (Å²) in [7, 11) is -3.82. The zero-order chi connectivity index (χ0) is 19.7. The van der Waals surface area contributed by atoms with Gasteiger partial charge in [-0.2, -0.15) is 0 Å². The molecule has 2 aromatic heterocycles. The van der Waals surface area contributed by atoms with E-state index in [2.05, 4.69) is 19.4 Å². The molecule has 0 atom stereocenters. The Morgan fingerprint density at radius 3 is 2.71 bits per heavy atom. The first-order chi connectivity index (χ1) is 13.5. The van der Waals surface area contributed by atoms with Gasteiger partial charge in [-0.25, -0.2) is 8.42 Å². The number of nitrogens with zero attached hydrogens (tertiary/aromatic N) is 2. The summed E-state index contributed by atoms with van der Waals surface area (Å²) in [5, 5.41) is 15.2. The molecule has 2 N–H and O–H groups in total. The Morgan fingerprint density at radius 2 is 1.96 bits per heavy atom. The minimum absolute atomic E-state index is 0.0821. The number of fused-ring (bicyclic) bond motifs is 1. The SMILES string of the molecule is O=S(=O)(Nc1ccon1)c1ccc2c(-c3ccc(Cl)cc3CO)nccc2c1. The molecule has 0 fully saturated rings. The number of sulfonamides is 1. The normalized spacial score (nSPS) is 11.6. The number of aromatic nitrogens is 2. The van der Waals surface area contributed by atoms with Crippen LogP contribution in [-0.2, 0) is 16.6 Å². The van der Waals surface area contributed by atoms with Crippen LogP contribution in [0.3, 0.4) is 0 Å². The first-order valence-corrected chi connectivity index (χ1v) is 10.1. The molecule has 0 aliphatic rings. The third-order valence-electron chi connectivity index (χ3n) is 4.22. The zero-order valence-electron chi connectivity index (χ0n) is 14.3. The molecule has 0 radical (unpaired) electrons. The lowest BCUT2D eigenvalue weighted by Crippen LogP contribution is -2.13. The Balaban J connectivity index is 1.81. The van der Waals surface area contributed by atoms with E-state index in [1.807, 2.05) is 0 Å². The Labute approximate surface area is 165 Å². The molecule has 142 valence electrons. The van der Waals surface area contributed by atoms with Crippen LogP contribution < -0.4 is 4.72 Å². The summed E-state index contributed by atoms with van der Waals surface area (Å²) in [5.41, 5.74) is 2.00. The van der Waals surface area contributed by atoms with E-state index >= 15 is 0 Å². The maximum atomic E-state index is 12.6. The van der Waals surface area contributed by atoms with Crippen molar-refractivity contribution in [2.45, 2.75) is 11.5 Å². The van der Waals surface area contributed by atoms with Crippen molar-refractivity contribution in [2.75, 3.05) is 4.72 Å². The minimum Gasteiger partial charge on any atom is -0.392 e. The number of anilines is 1. The second kappa shape index (κ2) is 7.23. The molecule has 0 saturated heterocycles. The molecule has 4 rings (SSSR count). The van der Waals surface area contributed by atoms with Gasteiger partial charge in [0.15, 0.2) is 5.82 Å². The molecule has 0 amide bonds. The third kappa shape index (κ3) is 3.45. The molecular formula is C19H14ClN3O4S. The van der Waals surface area contributed by atoms with E-state index in [0.29, 0.717) is 21.7 Å². The van der Waals surface area contributed by atoms with Gasteiger partial charge in [0.25, 0.3) is 10.0 Å². The van der Waals surface area contributed by atoms with Gasteiger partial charge < -0.3 is 9.63 Å². The average molecular weight is 416 g/mol. The van der Waals surface area contributed by atoms with Crippen molar-refractivity contribution in [1.29, 1.82) is 0 Å². The highest BCUT2D eigenvalue weighted by Crippen LogP contribution is 2.32. The van der Waals surface area contributed by atoms with Crippen molar-refractivity contribution >= 4 is 38.2 Å². The van der Waals surface area contributed by atoms with Crippen LogP contribution in [-0.4, -0.2) is 23.7 Å². The summed E-state index contributed by atoms with van der Waals surface area (Å²) >= 11 is 6.01. The van der Waals surface area contributed by atoms with Crippen molar-refractivity contribution < 1.29 is 18.0 Å². The molecule has 0 bridgehead atoms. The number of hydrogen-bond donors (Lipinski definition) is 2. The highest BCUT2D eigenvalue weighted by Gasteiger charge is 2.18. The molecule has 2 aromatic carbocycles. The van der Waals surface area contributed by atoms with Crippen LogP contribution in [0.2, 0.25) is 5.02 Å². The van der Waals surface area contributed by atoms with E-state index in [4.69, 9.17) is 11.6 Å². The molecule has 9 heteroatoms. The Hall–Kier alpha value is -2.94. The van der Waals surface area contributed by atoms with E-state index in [1.54, 1.807) is 42.6 Å². The molecule has 0 unspecified atom stereocenters. The van der Waals surface area contributed by atoms with Crippen LogP contribution in [0.4, 0.5) is 5.82 Å². The fraction of sp³-hybridized carbons (Fsp3) is 0.0526. The molecule has 2 heterocycles. The van der Waals surface area contributed by atoms with Crippen LogP contribution in [0.1, 0.15) is 5.56 Å². The summed E-state index contributed by atoms with van der Waals surface area (Å²) in [6, 6.07) is 13.1. The first-order valence-electron chi connectivity index (χ1n) is 8.19. The van der Waals surface area contributed by atoms with E-state index in [-0.39, 0.29) is 17.3 Å². The highest BCUT2D eigenvalue weighted by atomic mass is 35.5. The summed E-state index contributed by atoms with van der Waals surface area (Å²) in [5.74, 6) is 0.101. The number of pyridine rings is 1. The smallest absolute Gasteiger partial charge is 0.263 e. The fourth-order valence-corrected chi connectivity index (χ4v) is 4.15. The molecule has 4 aromatic rings. The van der Waals surface area contributed by atoms with Gasteiger partial charge in [-0.05, 0) is 41.3 Å². The van der Waals surface area contributed by atoms with Crippen LogP contribution in [0.25, 0.3) is 22.0 Å². The number of halogens is 1. The molecule has 0 aliphatic carbocycles. The maximum Gasteiger partial charge on any atom is 0.263 e. The number of aliphatic hydroxyl groups is 1. The topological polar surface area (TPSA) is 105 Å². The van der Waals surface area contributed by atoms with E-state index in [1.165, 1.54) is 18.4 Å². The quantitative estimate of drug-likeness (QED) is 0.513. The summed E-state index contributed by atoms with van der Waals surface area (Å²) in [6.07, 6.45) is 2.87. The van der Waals surface area contributed by atoms with Gasteiger partial charge in [0.05, 0.1) is 17.2 Å². The number of benzene rings is 2. The second-order valence-electron chi connectivity index (χ2n) is 5.99. The minimum atomic E-state index is -3.82. The first kappa shape index (κ1) is 18.4. The molecule has 0 saturated carbocycles. The standard InChI is InChI=1S/C19H14ClN3O4S/c20-14-1-3-17(13(9-14)11-24)19-16-4-2-15(10-12(16)5-7-21-19)28(25,26)23-18-6-8-27-22-18/h1-10,24H,11H2,(H,22,23). The summed E-state index contributed by atoms with van der Waals surface area (Å²) in [4.78, 5) is 4.51. The summed E-state index contributed by atoms with van der Waals surface area (Å²) < 4.78 is 32.2. The predicted octanol–water partition coefficient (Wildman–Crippen LogP) is 3.84. The molecule has 0 aliphatic heterocycles. The van der Waals surface area contributed by atoms with Gasteiger partial charge in [0.2, 0.25) is 0 Å². The van der Waals surface area contributed by atoms with E-state index in [9.17, 15) is 13.5 Å². The van der Waals surface area contributed by atoms with Crippen molar-refractivity contribution in [3.8, 4) is 11.3 Å². The van der Waals surface area contributed by atoms with Gasteiger partial charge in [-0.15, -0.1) is 0 Å². The molecular weight excluding hydrogens is 402 g/mol. The zero-order valence-corrected chi connectivity index (χ0v) is 15.9. The van der Waals surface area contributed by atoms with Gasteiger partial charge in [0.1, 0.15) is 6.26 Å². The average Bonchev–Trinajstić information content (AvgIpc) is 3.19. The van der Waals surface area contributed by atoms with Crippen molar-refractivity contribution in [3.05, 3.63) is 71.6 Å².